The summed E-state index contributed by atoms with van der Waals surface area (Å²) in [7, 11) is 0. The highest BCUT2D eigenvalue weighted by Gasteiger charge is 2.46. The molecule has 2 heterocycles. The molecular formula is C8H13NO2. The fourth-order valence-corrected chi connectivity index (χ4v) is 1.79. The highest BCUT2D eigenvalue weighted by Crippen LogP contribution is 2.34. The van der Waals surface area contributed by atoms with Crippen LogP contribution >= 0.6 is 0 Å². The number of ketones is 1. The summed E-state index contributed by atoms with van der Waals surface area (Å²) >= 11 is 0. The molecule has 0 N–H and O–H groups in total. The average Bonchev–Trinajstić information content (AvgIpc) is 2.16. The molecule has 0 aromatic carbocycles. The molecule has 11 heavy (non-hydrogen) atoms. The van der Waals surface area contributed by atoms with Crippen molar-refractivity contribution in [1.82, 2.24) is 5.06 Å². The zero-order valence-corrected chi connectivity index (χ0v) is 6.96. The molecule has 0 radical (unpaired) electrons. The minimum absolute atomic E-state index is 0.0663. The van der Waals surface area contributed by atoms with E-state index in [4.69, 9.17) is 4.84 Å². The molecule has 0 spiro atoms. The Balaban J connectivity index is 2.22. The van der Waals surface area contributed by atoms with E-state index >= 15 is 0 Å². The Hall–Kier alpha value is -0.410. The highest BCUT2D eigenvalue weighted by atomic mass is 16.7. The molecule has 2 atom stereocenters. The molecule has 2 bridgehead atoms. The number of fused-ring (bicyclic) bond motifs is 2. The Labute approximate surface area is 66.3 Å². The van der Waals surface area contributed by atoms with E-state index in [1.165, 1.54) is 0 Å². The summed E-state index contributed by atoms with van der Waals surface area (Å²) in [5, 5.41) is 1.94. The Morgan fingerprint density at radius 2 is 2.36 bits per heavy atom. The lowest BCUT2D eigenvalue weighted by atomic mass is 9.98. The SMILES string of the molecule is CC1(C)CC2ON1CCC2=O. The molecule has 0 saturated carbocycles. The number of carbonyl (C=O) groups is 1. The van der Waals surface area contributed by atoms with Crippen LogP contribution in [0.1, 0.15) is 26.7 Å². The summed E-state index contributed by atoms with van der Waals surface area (Å²) in [4.78, 5) is 16.6. The quantitative estimate of drug-likeness (QED) is 0.517. The Morgan fingerprint density at radius 3 is 3.00 bits per heavy atom. The molecule has 0 amide bonds. The zero-order valence-electron chi connectivity index (χ0n) is 6.96. The maximum Gasteiger partial charge on any atom is 0.165 e. The highest BCUT2D eigenvalue weighted by molar-refractivity contribution is 5.84. The van der Waals surface area contributed by atoms with Crippen LogP contribution in [0.4, 0.5) is 0 Å². The molecular weight excluding hydrogens is 142 g/mol. The van der Waals surface area contributed by atoms with Crippen molar-refractivity contribution in [1.29, 1.82) is 0 Å². The predicted octanol–water partition coefficient (Wildman–Crippen LogP) is 0.744. The summed E-state index contributed by atoms with van der Waals surface area (Å²) in [5.74, 6) is 0.270. The van der Waals surface area contributed by atoms with Crippen molar-refractivity contribution < 1.29 is 9.63 Å². The molecule has 2 aliphatic heterocycles. The first-order valence-corrected chi connectivity index (χ1v) is 4.07. The molecule has 0 aromatic heterocycles. The van der Waals surface area contributed by atoms with Gasteiger partial charge in [-0.3, -0.25) is 9.63 Å². The van der Waals surface area contributed by atoms with Gasteiger partial charge in [-0.2, -0.15) is 5.06 Å². The van der Waals surface area contributed by atoms with Crippen molar-refractivity contribution in [3.05, 3.63) is 0 Å². The van der Waals surface area contributed by atoms with Crippen LogP contribution in [0.5, 0.6) is 0 Å². The van der Waals surface area contributed by atoms with Crippen LogP contribution in [0.25, 0.3) is 0 Å². The standard InChI is InChI=1S/C8H13NO2/c1-8(2)5-7-6(10)3-4-9(8)11-7/h7H,3-5H2,1-2H3. The van der Waals surface area contributed by atoms with Gasteiger partial charge in [-0.05, 0) is 13.8 Å². The van der Waals surface area contributed by atoms with Crippen LogP contribution < -0.4 is 0 Å². The second-order valence-corrected chi connectivity index (χ2v) is 3.93. The van der Waals surface area contributed by atoms with Crippen molar-refractivity contribution in [2.75, 3.05) is 6.54 Å². The average molecular weight is 155 g/mol. The number of rotatable bonds is 0. The van der Waals surface area contributed by atoms with Gasteiger partial charge in [-0.25, -0.2) is 0 Å². The molecule has 2 fully saturated rings. The molecule has 2 saturated heterocycles. The Kier molecular flexibility index (Phi) is 1.35. The van der Waals surface area contributed by atoms with E-state index < -0.39 is 0 Å². The van der Waals surface area contributed by atoms with E-state index in [1.807, 2.05) is 5.06 Å². The van der Waals surface area contributed by atoms with Gasteiger partial charge in [-0.1, -0.05) is 0 Å². The van der Waals surface area contributed by atoms with Crippen LogP contribution in [0.2, 0.25) is 0 Å². The van der Waals surface area contributed by atoms with Gasteiger partial charge in [-0.15, -0.1) is 0 Å². The summed E-state index contributed by atoms with van der Waals surface area (Å²) in [6, 6.07) is 0. The van der Waals surface area contributed by atoms with Crippen LogP contribution in [0.15, 0.2) is 0 Å². The fourth-order valence-electron chi connectivity index (χ4n) is 1.79. The summed E-state index contributed by atoms with van der Waals surface area (Å²) in [6.07, 6.45) is 1.37. The van der Waals surface area contributed by atoms with Gasteiger partial charge in [0.2, 0.25) is 0 Å². The van der Waals surface area contributed by atoms with Crippen LogP contribution in [0, 0.1) is 0 Å². The summed E-state index contributed by atoms with van der Waals surface area (Å²) in [5.41, 5.74) is 0.0663. The number of Topliss-reactive ketones (excluding diaryl/α,β-unsaturated/α-hetero) is 1. The zero-order chi connectivity index (χ0) is 8.06. The largest absolute Gasteiger partial charge is 0.297 e. The van der Waals surface area contributed by atoms with Gasteiger partial charge in [0.15, 0.2) is 5.78 Å². The van der Waals surface area contributed by atoms with Crippen molar-refractivity contribution >= 4 is 5.78 Å². The smallest absolute Gasteiger partial charge is 0.165 e. The van der Waals surface area contributed by atoms with Gasteiger partial charge in [0.05, 0.1) is 0 Å². The first kappa shape index (κ1) is 7.25. The van der Waals surface area contributed by atoms with Crippen LogP contribution in [-0.2, 0) is 9.63 Å². The van der Waals surface area contributed by atoms with Gasteiger partial charge < -0.3 is 0 Å². The van der Waals surface area contributed by atoms with Gasteiger partial charge in [0.1, 0.15) is 6.10 Å². The molecule has 0 aliphatic carbocycles. The number of hydrogen-bond acceptors (Lipinski definition) is 3. The fraction of sp³-hybridized carbons (Fsp3) is 0.875. The number of nitrogens with zero attached hydrogens (tertiary/aromatic N) is 1. The van der Waals surface area contributed by atoms with Crippen molar-refractivity contribution in [2.45, 2.75) is 38.3 Å². The molecule has 2 aliphatic rings. The van der Waals surface area contributed by atoms with Gasteiger partial charge >= 0.3 is 0 Å². The summed E-state index contributed by atoms with van der Waals surface area (Å²) in [6.45, 7) is 5.00. The lowest BCUT2D eigenvalue weighted by Gasteiger charge is -2.29. The monoisotopic (exact) mass is 155 g/mol. The second-order valence-electron chi connectivity index (χ2n) is 3.93. The van der Waals surface area contributed by atoms with Crippen molar-refractivity contribution in [3.8, 4) is 0 Å². The summed E-state index contributed by atoms with van der Waals surface area (Å²) < 4.78 is 0. The third-order valence-corrected chi connectivity index (χ3v) is 2.53. The Morgan fingerprint density at radius 1 is 1.64 bits per heavy atom. The van der Waals surface area contributed by atoms with Crippen LogP contribution in [0.3, 0.4) is 0 Å². The third kappa shape index (κ3) is 0.993. The second kappa shape index (κ2) is 2.05. The maximum absolute atomic E-state index is 11.2. The van der Waals surface area contributed by atoms with E-state index in [9.17, 15) is 4.79 Å². The molecule has 2 unspecified atom stereocenters. The molecule has 0 aromatic rings. The van der Waals surface area contributed by atoms with Crippen molar-refractivity contribution in [3.63, 3.8) is 0 Å². The van der Waals surface area contributed by atoms with Gasteiger partial charge in [0, 0.05) is 24.9 Å². The first-order chi connectivity index (χ1) is 5.09. The van der Waals surface area contributed by atoms with Crippen molar-refractivity contribution in [2.24, 2.45) is 0 Å². The van der Waals surface area contributed by atoms with Crippen LogP contribution in [-0.4, -0.2) is 29.0 Å². The lowest BCUT2D eigenvalue weighted by Crippen LogP contribution is -2.40. The molecule has 62 valence electrons. The van der Waals surface area contributed by atoms with E-state index in [-0.39, 0.29) is 17.4 Å². The van der Waals surface area contributed by atoms with E-state index in [2.05, 4.69) is 13.8 Å². The predicted molar refractivity (Wildman–Crippen MR) is 39.9 cm³/mol. The number of carbonyl (C=O) groups excluding carboxylic acids is 1. The topological polar surface area (TPSA) is 29.5 Å². The first-order valence-electron chi connectivity index (χ1n) is 4.07. The Bertz CT molecular complexity index is 200. The van der Waals surface area contributed by atoms with Gasteiger partial charge in [0.25, 0.3) is 0 Å². The van der Waals surface area contributed by atoms with E-state index in [0.717, 1.165) is 13.0 Å². The lowest BCUT2D eigenvalue weighted by molar-refractivity contribution is -0.200. The molecule has 3 nitrogen and oxygen atoms in total. The molecule has 3 heteroatoms. The number of hydrogen-bond donors (Lipinski definition) is 0. The third-order valence-electron chi connectivity index (χ3n) is 2.53. The van der Waals surface area contributed by atoms with E-state index in [0.29, 0.717) is 6.42 Å². The minimum Gasteiger partial charge on any atom is -0.297 e. The normalized spacial score (nSPS) is 41.1. The minimum atomic E-state index is -0.140. The molecule has 2 rings (SSSR count). The van der Waals surface area contributed by atoms with E-state index in [1.54, 1.807) is 0 Å². The maximum atomic E-state index is 11.2. The number of hydroxylamine groups is 2.